The molecule has 0 spiro atoms. The molecule has 1 saturated heterocycles. The predicted octanol–water partition coefficient (Wildman–Crippen LogP) is 1.95. The number of carbonyl (C=O) groups is 1. The van der Waals surface area contributed by atoms with Crippen molar-refractivity contribution in [2.45, 2.75) is 44.2 Å². The number of aryl methyl sites for hydroxylation is 1. The lowest BCUT2D eigenvalue weighted by molar-refractivity contribution is 0.0951. The van der Waals surface area contributed by atoms with Crippen LogP contribution in [-0.2, 0) is 16.6 Å². The monoisotopic (exact) mass is 380 g/mol. The largest absolute Gasteiger partial charge is 0.347 e. The van der Waals surface area contributed by atoms with E-state index >= 15 is 0 Å². The molecule has 25 heavy (non-hydrogen) atoms. The summed E-state index contributed by atoms with van der Waals surface area (Å²) < 4.78 is 30.9. The van der Waals surface area contributed by atoms with Gasteiger partial charge in [-0.15, -0.1) is 5.10 Å². The van der Waals surface area contributed by atoms with Gasteiger partial charge in [0.1, 0.15) is 0 Å². The highest BCUT2D eigenvalue weighted by molar-refractivity contribution is 7.89. The van der Waals surface area contributed by atoms with Gasteiger partial charge in [0.15, 0.2) is 0 Å². The third-order valence-electron chi connectivity index (χ3n) is 4.35. The van der Waals surface area contributed by atoms with Crippen LogP contribution in [0.1, 0.15) is 40.7 Å². The Hall–Kier alpha value is -1.84. The molecule has 0 unspecified atom stereocenters. The summed E-state index contributed by atoms with van der Waals surface area (Å²) in [4.78, 5) is 13.4. The molecule has 0 saturated carbocycles. The number of hydrogen-bond acceptors (Lipinski definition) is 6. The predicted molar refractivity (Wildman–Crippen MR) is 94.8 cm³/mol. The first-order valence-corrected chi connectivity index (χ1v) is 10.3. The second-order valence-electron chi connectivity index (χ2n) is 6.10. The summed E-state index contributed by atoms with van der Waals surface area (Å²) in [5.41, 5.74) is 1.10. The maximum atomic E-state index is 12.8. The van der Waals surface area contributed by atoms with Gasteiger partial charge in [-0.2, -0.15) is 4.31 Å². The van der Waals surface area contributed by atoms with Crippen LogP contribution in [0.15, 0.2) is 29.2 Å². The van der Waals surface area contributed by atoms with Crippen LogP contribution < -0.4 is 5.32 Å². The van der Waals surface area contributed by atoms with Crippen molar-refractivity contribution < 1.29 is 13.2 Å². The van der Waals surface area contributed by atoms with Gasteiger partial charge in [-0.25, -0.2) is 8.42 Å². The number of rotatable bonds is 5. The van der Waals surface area contributed by atoms with E-state index in [0.717, 1.165) is 23.4 Å². The van der Waals surface area contributed by atoms with Crippen LogP contribution in [0.25, 0.3) is 0 Å². The number of nitrogens with zero attached hydrogens (tertiary/aromatic N) is 3. The van der Waals surface area contributed by atoms with Gasteiger partial charge < -0.3 is 5.32 Å². The summed E-state index contributed by atoms with van der Waals surface area (Å²) in [7, 11) is -3.57. The van der Waals surface area contributed by atoms with Gasteiger partial charge in [0, 0.05) is 18.2 Å². The minimum absolute atomic E-state index is 0.00992. The molecular formula is C16H20N4O3S2. The van der Waals surface area contributed by atoms with Crippen molar-refractivity contribution in [1.82, 2.24) is 19.2 Å². The van der Waals surface area contributed by atoms with Crippen molar-refractivity contribution >= 4 is 27.5 Å². The van der Waals surface area contributed by atoms with E-state index < -0.39 is 10.0 Å². The summed E-state index contributed by atoms with van der Waals surface area (Å²) >= 11 is 1.23. The number of carbonyl (C=O) groups excluding carboxylic acids is 1. The first-order valence-electron chi connectivity index (χ1n) is 8.07. The average Bonchev–Trinajstić information content (AvgIpc) is 3.21. The average molecular weight is 380 g/mol. The van der Waals surface area contributed by atoms with E-state index in [1.165, 1.54) is 28.0 Å². The molecule has 1 aliphatic rings. The molecule has 3 rings (SSSR count). The zero-order valence-corrected chi connectivity index (χ0v) is 15.7. The Morgan fingerprint density at radius 1 is 1.44 bits per heavy atom. The van der Waals surface area contributed by atoms with Gasteiger partial charge in [-0.3, -0.25) is 4.79 Å². The maximum Gasteiger partial charge on any atom is 0.251 e. The first-order chi connectivity index (χ1) is 11.9. The summed E-state index contributed by atoms with van der Waals surface area (Å²) in [5, 5.41) is 6.68. The molecule has 1 aliphatic heterocycles. The van der Waals surface area contributed by atoms with Crippen molar-refractivity contribution in [3.8, 4) is 0 Å². The SMILES string of the molecule is Cc1nnsc1CNC(=O)c1cccc(S(=O)(=O)N2CCC[C@H]2C)c1. The topological polar surface area (TPSA) is 92.3 Å². The van der Waals surface area contributed by atoms with Crippen LogP contribution in [0.5, 0.6) is 0 Å². The fourth-order valence-corrected chi connectivity index (χ4v) is 5.19. The molecular weight excluding hydrogens is 360 g/mol. The summed E-state index contributed by atoms with van der Waals surface area (Å²) in [6.45, 7) is 4.59. The number of aromatic nitrogens is 2. The van der Waals surface area contributed by atoms with Crippen molar-refractivity contribution in [3.05, 3.63) is 40.4 Å². The first kappa shape index (κ1) is 18.0. The summed E-state index contributed by atoms with van der Waals surface area (Å²) in [6.07, 6.45) is 1.73. The second kappa shape index (κ2) is 7.19. The zero-order chi connectivity index (χ0) is 18.0. The Labute approximate surface area is 151 Å². The molecule has 9 heteroatoms. The van der Waals surface area contributed by atoms with Crippen LogP contribution >= 0.6 is 11.5 Å². The minimum atomic E-state index is -3.57. The van der Waals surface area contributed by atoms with E-state index in [0.29, 0.717) is 18.7 Å². The van der Waals surface area contributed by atoms with Crippen LogP contribution in [-0.4, -0.2) is 40.8 Å². The third-order valence-corrected chi connectivity index (χ3v) is 7.18. The molecule has 0 bridgehead atoms. The van der Waals surface area contributed by atoms with Gasteiger partial charge in [-0.1, -0.05) is 10.6 Å². The molecule has 1 aromatic heterocycles. The van der Waals surface area contributed by atoms with Gasteiger partial charge in [0.05, 0.1) is 22.0 Å². The van der Waals surface area contributed by atoms with Crippen LogP contribution in [0.4, 0.5) is 0 Å². The lowest BCUT2D eigenvalue weighted by Gasteiger charge is -2.21. The van der Waals surface area contributed by atoms with Crippen molar-refractivity contribution in [2.24, 2.45) is 0 Å². The Balaban J connectivity index is 1.77. The molecule has 2 heterocycles. The number of benzene rings is 1. The van der Waals surface area contributed by atoms with Crippen LogP contribution in [0, 0.1) is 6.92 Å². The highest BCUT2D eigenvalue weighted by Gasteiger charge is 2.32. The van der Waals surface area contributed by atoms with Crippen LogP contribution in [0.2, 0.25) is 0 Å². The maximum absolute atomic E-state index is 12.8. The zero-order valence-electron chi connectivity index (χ0n) is 14.1. The van der Waals surface area contributed by atoms with Crippen molar-refractivity contribution in [1.29, 1.82) is 0 Å². The Morgan fingerprint density at radius 2 is 2.24 bits per heavy atom. The smallest absolute Gasteiger partial charge is 0.251 e. The Bertz CT molecular complexity index is 879. The van der Waals surface area contributed by atoms with Gasteiger partial charge in [-0.05, 0) is 56.4 Å². The quantitative estimate of drug-likeness (QED) is 0.856. The molecule has 7 nitrogen and oxygen atoms in total. The van der Waals surface area contributed by atoms with E-state index in [1.54, 1.807) is 12.1 Å². The normalized spacial score (nSPS) is 18.4. The van der Waals surface area contributed by atoms with Crippen molar-refractivity contribution in [2.75, 3.05) is 6.54 Å². The number of amides is 1. The molecule has 1 fully saturated rings. The highest BCUT2D eigenvalue weighted by Crippen LogP contribution is 2.26. The van der Waals surface area contributed by atoms with Gasteiger partial charge >= 0.3 is 0 Å². The fraction of sp³-hybridized carbons (Fsp3) is 0.438. The number of sulfonamides is 1. The summed E-state index contributed by atoms with van der Waals surface area (Å²) in [5.74, 6) is -0.320. The van der Waals surface area contributed by atoms with Gasteiger partial charge in [0.2, 0.25) is 10.0 Å². The van der Waals surface area contributed by atoms with E-state index in [-0.39, 0.29) is 16.8 Å². The molecule has 134 valence electrons. The van der Waals surface area contributed by atoms with Crippen molar-refractivity contribution in [3.63, 3.8) is 0 Å². The molecule has 2 aromatic rings. The number of nitrogens with one attached hydrogen (secondary N) is 1. The van der Waals surface area contributed by atoms with E-state index in [9.17, 15) is 13.2 Å². The summed E-state index contributed by atoms with van der Waals surface area (Å²) in [6, 6.07) is 6.17. The molecule has 0 aliphatic carbocycles. The van der Waals surface area contributed by atoms with E-state index in [4.69, 9.17) is 0 Å². The van der Waals surface area contributed by atoms with Gasteiger partial charge in [0.25, 0.3) is 5.91 Å². The molecule has 1 N–H and O–H groups in total. The Kier molecular flexibility index (Phi) is 5.16. The Morgan fingerprint density at radius 3 is 2.88 bits per heavy atom. The molecule has 1 aromatic carbocycles. The lowest BCUT2D eigenvalue weighted by Crippen LogP contribution is -2.33. The molecule has 1 atom stereocenters. The lowest BCUT2D eigenvalue weighted by atomic mass is 10.2. The molecule has 1 amide bonds. The van der Waals surface area contributed by atoms with Crippen LogP contribution in [0.3, 0.4) is 0 Å². The fourth-order valence-electron chi connectivity index (χ4n) is 2.87. The highest BCUT2D eigenvalue weighted by atomic mass is 32.2. The van der Waals surface area contributed by atoms with E-state index in [1.807, 2.05) is 13.8 Å². The third kappa shape index (κ3) is 3.73. The molecule has 0 radical (unpaired) electrons. The minimum Gasteiger partial charge on any atom is -0.347 e. The second-order valence-corrected chi connectivity index (χ2v) is 8.83. The number of hydrogen-bond donors (Lipinski definition) is 1. The standard InChI is InChI=1S/C16H20N4O3S2/c1-11-5-4-8-20(11)25(22,23)14-7-3-6-13(9-14)16(21)17-10-15-12(2)18-19-24-15/h3,6-7,9,11H,4-5,8,10H2,1-2H3,(H,17,21)/t11-/m1/s1. The van der Waals surface area contributed by atoms with E-state index in [2.05, 4.69) is 14.9 Å².